The van der Waals surface area contributed by atoms with E-state index in [1.165, 1.54) is 17.9 Å². The minimum absolute atomic E-state index is 0.00921. The molecule has 3 aromatic rings. The predicted octanol–water partition coefficient (Wildman–Crippen LogP) is 1.98. The first-order chi connectivity index (χ1) is 23.4. The van der Waals surface area contributed by atoms with Gasteiger partial charge in [0.15, 0.2) is 17.2 Å². The maximum absolute atomic E-state index is 14.0. The lowest BCUT2D eigenvalue weighted by atomic mass is 9.94. The van der Waals surface area contributed by atoms with Crippen LogP contribution >= 0.6 is 0 Å². The first-order valence-corrected chi connectivity index (χ1v) is 16.6. The van der Waals surface area contributed by atoms with Crippen LogP contribution in [0.3, 0.4) is 0 Å². The molecule has 0 fully saturated rings. The molecule has 2 aliphatic rings. The van der Waals surface area contributed by atoms with Crippen LogP contribution in [0.5, 0.6) is 0 Å². The maximum Gasteiger partial charge on any atom is 0.274 e. The van der Waals surface area contributed by atoms with E-state index in [-0.39, 0.29) is 61.3 Å². The van der Waals surface area contributed by atoms with Crippen LogP contribution in [0.25, 0.3) is 0 Å². The number of aromatic amines is 1. The second-order valence-corrected chi connectivity index (χ2v) is 13.1. The molecular formula is C35H43N7O7. The Morgan fingerprint density at radius 2 is 1.71 bits per heavy atom. The molecule has 5 N–H and O–H groups in total. The normalized spacial score (nSPS) is 21.2. The predicted molar refractivity (Wildman–Crippen MR) is 177 cm³/mol. The van der Waals surface area contributed by atoms with Crippen molar-refractivity contribution in [3.63, 3.8) is 0 Å². The largest absolute Gasteiger partial charge is 0.359 e. The molecule has 5 rings (SSSR count). The highest BCUT2D eigenvalue weighted by atomic mass is 16.5. The van der Waals surface area contributed by atoms with Crippen LogP contribution in [-0.4, -0.2) is 81.6 Å². The quantitative estimate of drug-likeness (QED) is 0.271. The molecular weight excluding hydrogens is 630 g/mol. The Bertz CT molecular complexity index is 1730. The average molecular weight is 674 g/mol. The van der Waals surface area contributed by atoms with Crippen molar-refractivity contribution in [1.29, 1.82) is 0 Å². The molecule has 0 unspecified atom stereocenters. The number of nitrogens with one attached hydrogen (secondary N) is 5. The van der Waals surface area contributed by atoms with Crippen LogP contribution in [-0.2, 0) is 33.8 Å². The Labute approximate surface area is 284 Å². The van der Waals surface area contributed by atoms with Gasteiger partial charge >= 0.3 is 0 Å². The van der Waals surface area contributed by atoms with E-state index in [1.807, 2.05) is 44.2 Å². The fourth-order valence-electron chi connectivity index (χ4n) is 6.19. The standard InChI is InChI=1S/C35H43N7O7/c1-19(2)15-25-33(46)40-26(16-22-9-6-5-7-10-22)32(45)36-13-14-42(35(48)30-20(3)29-24(38-30)11-8-12-28(29)43)18-23-17-27(41-49-23)34(47)37-21(4)31(44)39-25/h5-7,9-10,17,19,21,25-26,38H,8,11-16,18H2,1-4H3,(H,36,45)(H,37,47)(H,39,44)(H,40,46)/t21-,25-,26-/m1/s1. The summed E-state index contributed by atoms with van der Waals surface area (Å²) in [5.74, 6) is -2.52. The first kappa shape index (κ1) is 35.0. The van der Waals surface area contributed by atoms with Crippen LogP contribution in [0, 0.1) is 12.8 Å². The number of hydrogen-bond donors (Lipinski definition) is 5. The zero-order valence-corrected chi connectivity index (χ0v) is 28.2. The first-order valence-electron chi connectivity index (χ1n) is 16.6. The van der Waals surface area contributed by atoms with Crippen LogP contribution in [0.1, 0.15) is 93.9 Å². The lowest BCUT2D eigenvalue weighted by molar-refractivity contribution is -0.132. The van der Waals surface area contributed by atoms with Gasteiger partial charge in [0.1, 0.15) is 23.8 Å². The fraction of sp³-hybridized carbons (Fsp3) is 0.457. The Morgan fingerprint density at radius 3 is 2.43 bits per heavy atom. The van der Waals surface area contributed by atoms with Gasteiger partial charge in [-0.05, 0) is 50.2 Å². The summed E-state index contributed by atoms with van der Waals surface area (Å²) >= 11 is 0. The Hall–Kier alpha value is -5.27. The number of hydrogen-bond acceptors (Lipinski definition) is 8. The molecule has 0 saturated heterocycles. The third kappa shape index (κ3) is 8.42. The number of H-pyrrole nitrogens is 1. The highest BCUT2D eigenvalue weighted by molar-refractivity contribution is 6.04. The number of benzene rings is 1. The molecule has 1 aromatic carbocycles. The molecule has 14 nitrogen and oxygen atoms in total. The summed E-state index contributed by atoms with van der Waals surface area (Å²) in [6.45, 7) is 6.94. The van der Waals surface area contributed by atoms with E-state index in [2.05, 4.69) is 31.4 Å². The van der Waals surface area contributed by atoms with Crippen molar-refractivity contribution in [2.45, 2.75) is 84.5 Å². The van der Waals surface area contributed by atoms with Gasteiger partial charge in [-0.3, -0.25) is 28.8 Å². The summed E-state index contributed by atoms with van der Waals surface area (Å²) in [5, 5.41) is 14.8. The number of fused-ring (bicyclic) bond motifs is 3. The highest BCUT2D eigenvalue weighted by Gasteiger charge is 2.32. The summed E-state index contributed by atoms with van der Waals surface area (Å²) in [5.41, 5.74) is 2.78. The van der Waals surface area contributed by atoms with Crippen molar-refractivity contribution < 1.29 is 33.3 Å². The van der Waals surface area contributed by atoms with Gasteiger partial charge < -0.3 is 35.7 Å². The number of rotatable bonds is 5. The number of amides is 5. The van der Waals surface area contributed by atoms with E-state index in [0.29, 0.717) is 30.4 Å². The molecule has 0 saturated carbocycles. The van der Waals surface area contributed by atoms with Crippen molar-refractivity contribution in [1.82, 2.24) is 36.3 Å². The van der Waals surface area contributed by atoms with Crippen LogP contribution < -0.4 is 21.3 Å². The van der Waals surface area contributed by atoms with E-state index in [1.54, 1.807) is 6.92 Å². The minimum atomic E-state index is -1.04. The zero-order chi connectivity index (χ0) is 35.2. The minimum Gasteiger partial charge on any atom is -0.359 e. The molecule has 49 heavy (non-hydrogen) atoms. The highest BCUT2D eigenvalue weighted by Crippen LogP contribution is 2.27. The lowest BCUT2D eigenvalue weighted by Gasteiger charge is -2.26. The molecule has 2 bridgehead atoms. The number of carbonyl (C=O) groups excluding carboxylic acids is 6. The molecule has 3 atom stereocenters. The number of nitrogens with zero attached hydrogens (tertiary/aromatic N) is 2. The smallest absolute Gasteiger partial charge is 0.274 e. The van der Waals surface area contributed by atoms with Gasteiger partial charge in [-0.25, -0.2) is 0 Å². The van der Waals surface area contributed by atoms with Crippen LogP contribution in [0.2, 0.25) is 0 Å². The number of Topliss-reactive ketones (excluding diaryl/α,β-unsaturated/α-hetero) is 1. The Balaban J connectivity index is 1.46. The Morgan fingerprint density at radius 1 is 0.980 bits per heavy atom. The van der Waals surface area contributed by atoms with Gasteiger partial charge in [-0.15, -0.1) is 0 Å². The van der Waals surface area contributed by atoms with Gasteiger partial charge in [0.25, 0.3) is 11.8 Å². The topological polar surface area (TPSA) is 196 Å². The van der Waals surface area contributed by atoms with Gasteiger partial charge in [0, 0.05) is 43.3 Å². The number of ketones is 1. The third-order valence-electron chi connectivity index (χ3n) is 8.75. The molecule has 1 aliphatic carbocycles. The zero-order valence-electron chi connectivity index (χ0n) is 28.2. The third-order valence-corrected chi connectivity index (χ3v) is 8.75. The van der Waals surface area contributed by atoms with Gasteiger partial charge in [-0.1, -0.05) is 49.3 Å². The van der Waals surface area contributed by atoms with Crippen molar-refractivity contribution in [2.75, 3.05) is 13.1 Å². The molecule has 260 valence electrons. The molecule has 0 radical (unpaired) electrons. The second kappa shape index (κ2) is 15.3. The van der Waals surface area contributed by atoms with Crippen LogP contribution in [0.15, 0.2) is 40.9 Å². The maximum atomic E-state index is 14.0. The summed E-state index contributed by atoms with van der Waals surface area (Å²) in [7, 11) is 0. The SMILES string of the molecule is Cc1c(C(=O)N2CCNC(=O)[C@@H](Cc3ccccc3)NC(=O)[C@@H](CC(C)C)NC(=O)[C@@H](C)NC(=O)c3cc(on3)C2)[nH]c2c1C(=O)CCC2. The molecule has 14 heteroatoms. The molecule has 2 aromatic heterocycles. The van der Waals surface area contributed by atoms with Crippen molar-refractivity contribution in [2.24, 2.45) is 5.92 Å². The van der Waals surface area contributed by atoms with E-state index in [4.69, 9.17) is 4.52 Å². The monoisotopic (exact) mass is 673 g/mol. The lowest BCUT2D eigenvalue weighted by Crippen LogP contribution is -2.57. The van der Waals surface area contributed by atoms with E-state index in [0.717, 1.165) is 11.3 Å². The molecule has 3 heterocycles. The Kier molecular flexibility index (Phi) is 10.9. The van der Waals surface area contributed by atoms with Crippen molar-refractivity contribution >= 4 is 35.3 Å². The summed E-state index contributed by atoms with van der Waals surface area (Å²) < 4.78 is 5.43. The fourth-order valence-corrected chi connectivity index (χ4v) is 6.19. The van der Waals surface area contributed by atoms with E-state index >= 15 is 0 Å². The van der Waals surface area contributed by atoms with Crippen molar-refractivity contribution in [3.8, 4) is 0 Å². The summed E-state index contributed by atoms with van der Waals surface area (Å²) in [4.78, 5) is 84.8. The van der Waals surface area contributed by atoms with E-state index in [9.17, 15) is 28.8 Å². The summed E-state index contributed by atoms with van der Waals surface area (Å²) in [6.07, 6.45) is 2.22. The van der Waals surface area contributed by atoms with Gasteiger partial charge in [0.05, 0.1) is 6.54 Å². The molecule has 0 spiro atoms. The van der Waals surface area contributed by atoms with Crippen LogP contribution in [0.4, 0.5) is 0 Å². The number of carbonyl (C=O) groups is 6. The van der Waals surface area contributed by atoms with Crippen molar-refractivity contribution in [3.05, 3.63) is 75.9 Å². The second-order valence-electron chi connectivity index (χ2n) is 13.1. The average Bonchev–Trinajstić information content (AvgIpc) is 3.68. The number of aryl methyl sites for hydroxylation is 1. The summed E-state index contributed by atoms with van der Waals surface area (Å²) in [6, 6.07) is 7.56. The van der Waals surface area contributed by atoms with Gasteiger partial charge in [-0.2, -0.15) is 0 Å². The molecule has 5 amide bonds. The molecule has 1 aliphatic heterocycles. The van der Waals surface area contributed by atoms with E-state index < -0.39 is 47.7 Å². The van der Waals surface area contributed by atoms with Gasteiger partial charge in [0.2, 0.25) is 17.7 Å². The number of aromatic nitrogens is 2.